The molecule has 0 saturated carbocycles. The van der Waals surface area contributed by atoms with Crippen LogP contribution in [-0.4, -0.2) is 61.7 Å². The molecule has 16 heavy (non-hydrogen) atoms. The van der Waals surface area contributed by atoms with Gasteiger partial charge >= 0.3 is 0 Å². The van der Waals surface area contributed by atoms with Crippen molar-refractivity contribution in [1.29, 1.82) is 0 Å². The molecule has 0 amide bonds. The van der Waals surface area contributed by atoms with Crippen LogP contribution in [0.25, 0.3) is 0 Å². The molecule has 0 unspecified atom stereocenters. The number of rotatable bonds is 6. The van der Waals surface area contributed by atoms with Crippen LogP contribution in [0.2, 0.25) is 0 Å². The monoisotopic (exact) mass is 227 g/mol. The number of nitrogens with zero attached hydrogens (tertiary/aromatic N) is 2. The quantitative estimate of drug-likeness (QED) is 0.740. The van der Waals surface area contributed by atoms with Crippen LogP contribution in [0.4, 0.5) is 0 Å². The molecular weight excluding hydrogens is 198 g/mol. The zero-order valence-electron chi connectivity index (χ0n) is 11.5. The van der Waals surface area contributed by atoms with E-state index >= 15 is 0 Å². The summed E-state index contributed by atoms with van der Waals surface area (Å²) >= 11 is 0. The van der Waals surface area contributed by atoms with Gasteiger partial charge in [0.1, 0.15) is 0 Å². The highest BCUT2D eigenvalue weighted by Gasteiger charge is 2.17. The highest BCUT2D eigenvalue weighted by Crippen LogP contribution is 2.09. The average Bonchev–Trinajstić information content (AvgIpc) is 2.29. The maximum absolute atomic E-state index is 3.68. The maximum Gasteiger partial charge on any atom is 0.0107 e. The first-order chi connectivity index (χ1) is 7.63. The van der Waals surface area contributed by atoms with Gasteiger partial charge in [0.25, 0.3) is 0 Å². The number of piperidine rings is 1. The predicted octanol–water partition coefficient (Wildman–Crippen LogP) is 1.40. The third kappa shape index (κ3) is 4.81. The van der Waals surface area contributed by atoms with E-state index in [1.165, 1.54) is 32.5 Å². The van der Waals surface area contributed by atoms with Crippen LogP contribution in [0.3, 0.4) is 0 Å². The van der Waals surface area contributed by atoms with E-state index in [1.807, 2.05) is 0 Å². The van der Waals surface area contributed by atoms with Gasteiger partial charge in [-0.3, -0.25) is 0 Å². The van der Waals surface area contributed by atoms with E-state index in [0.717, 1.165) is 19.1 Å². The molecule has 0 spiro atoms. The molecule has 1 rings (SSSR count). The van der Waals surface area contributed by atoms with Crippen LogP contribution in [-0.2, 0) is 0 Å². The first kappa shape index (κ1) is 13.9. The van der Waals surface area contributed by atoms with E-state index in [1.54, 1.807) is 0 Å². The standard InChI is InChI=1S/C13H29N3/c1-5-16-9-6-13(7-10-16)14-8-11-15(4)12(2)3/h12-14H,5-11H2,1-4H3. The highest BCUT2D eigenvalue weighted by molar-refractivity contribution is 4.76. The lowest BCUT2D eigenvalue weighted by molar-refractivity contribution is 0.199. The summed E-state index contributed by atoms with van der Waals surface area (Å²) in [5, 5.41) is 3.68. The van der Waals surface area contributed by atoms with E-state index in [9.17, 15) is 0 Å². The van der Waals surface area contributed by atoms with Crippen molar-refractivity contribution in [3.63, 3.8) is 0 Å². The van der Waals surface area contributed by atoms with Crippen molar-refractivity contribution in [2.45, 2.75) is 45.7 Å². The van der Waals surface area contributed by atoms with Gasteiger partial charge in [-0.25, -0.2) is 0 Å². The summed E-state index contributed by atoms with van der Waals surface area (Å²) < 4.78 is 0. The Kier molecular flexibility index (Phi) is 6.32. The minimum atomic E-state index is 0.656. The highest BCUT2D eigenvalue weighted by atomic mass is 15.2. The minimum absolute atomic E-state index is 0.656. The molecule has 1 heterocycles. The van der Waals surface area contributed by atoms with E-state index in [-0.39, 0.29) is 0 Å². The van der Waals surface area contributed by atoms with Gasteiger partial charge in [0.15, 0.2) is 0 Å². The van der Waals surface area contributed by atoms with Gasteiger partial charge in [-0.15, -0.1) is 0 Å². The molecule has 0 aromatic carbocycles. The molecule has 1 fully saturated rings. The second-order valence-corrected chi connectivity index (χ2v) is 5.24. The van der Waals surface area contributed by atoms with E-state index < -0.39 is 0 Å². The van der Waals surface area contributed by atoms with Crippen molar-refractivity contribution in [3.8, 4) is 0 Å². The van der Waals surface area contributed by atoms with Crippen molar-refractivity contribution in [2.24, 2.45) is 0 Å². The van der Waals surface area contributed by atoms with Crippen LogP contribution in [0, 0.1) is 0 Å². The molecule has 0 atom stereocenters. The molecule has 0 aromatic rings. The Morgan fingerprint density at radius 2 is 1.94 bits per heavy atom. The Balaban J connectivity index is 2.06. The second-order valence-electron chi connectivity index (χ2n) is 5.24. The molecule has 3 nitrogen and oxygen atoms in total. The number of nitrogens with one attached hydrogen (secondary N) is 1. The van der Waals surface area contributed by atoms with E-state index in [2.05, 4.69) is 42.9 Å². The van der Waals surface area contributed by atoms with Gasteiger partial charge in [-0.2, -0.15) is 0 Å². The van der Waals surface area contributed by atoms with Crippen molar-refractivity contribution in [1.82, 2.24) is 15.1 Å². The normalized spacial score (nSPS) is 19.9. The molecule has 3 heteroatoms. The van der Waals surface area contributed by atoms with Crippen molar-refractivity contribution >= 4 is 0 Å². The van der Waals surface area contributed by atoms with Gasteiger partial charge in [0.05, 0.1) is 0 Å². The van der Waals surface area contributed by atoms with Gasteiger partial charge < -0.3 is 15.1 Å². The molecule has 0 aromatic heterocycles. The third-order valence-corrected chi connectivity index (χ3v) is 3.81. The minimum Gasteiger partial charge on any atom is -0.313 e. The summed E-state index contributed by atoms with van der Waals surface area (Å²) in [6, 6.07) is 1.41. The van der Waals surface area contributed by atoms with Crippen molar-refractivity contribution < 1.29 is 0 Å². The van der Waals surface area contributed by atoms with Gasteiger partial charge in [-0.1, -0.05) is 6.92 Å². The number of hydrogen-bond acceptors (Lipinski definition) is 3. The summed E-state index contributed by atoms with van der Waals surface area (Å²) in [6.07, 6.45) is 2.64. The lowest BCUT2D eigenvalue weighted by Gasteiger charge is -2.32. The topological polar surface area (TPSA) is 18.5 Å². The molecule has 0 bridgehead atoms. The Morgan fingerprint density at radius 1 is 1.31 bits per heavy atom. The van der Waals surface area contributed by atoms with Gasteiger partial charge in [0, 0.05) is 25.2 Å². The largest absolute Gasteiger partial charge is 0.313 e. The Morgan fingerprint density at radius 3 is 2.44 bits per heavy atom. The van der Waals surface area contributed by atoms with Gasteiger partial charge in [-0.05, 0) is 53.4 Å². The summed E-state index contributed by atoms with van der Waals surface area (Å²) in [4.78, 5) is 4.94. The lowest BCUT2D eigenvalue weighted by Crippen LogP contribution is -2.44. The summed E-state index contributed by atoms with van der Waals surface area (Å²) in [6.45, 7) is 12.8. The van der Waals surface area contributed by atoms with Crippen LogP contribution in [0.1, 0.15) is 33.6 Å². The summed E-state index contributed by atoms with van der Waals surface area (Å²) in [7, 11) is 2.20. The van der Waals surface area contributed by atoms with Gasteiger partial charge in [0.2, 0.25) is 0 Å². The Hall–Kier alpha value is -0.120. The molecule has 1 aliphatic rings. The van der Waals surface area contributed by atoms with Crippen LogP contribution >= 0.6 is 0 Å². The fourth-order valence-electron chi connectivity index (χ4n) is 2.16. The van der Waals surface area contributed by atoms with Crippen LogP contribution in [0.15, 0.2) is 0 Å². The van der Waals surface area contributed by atoms with Crippen molar-refractivity contribution in [3.05, 3.63) is 0 Å². The fourth-order valence-corrected chi connectivity index (χ4v) is 2.16. The number of hydrogen-bond donors (Lipinski definition) is 1. The first-order valence-electron chi connectivity index (χ1n) is 6.79. The molecule has 96 valence electrons. The van der Waals surface area contributed by atoms with Crippen LogP contribution < -0.4 is 5.32 Å². The smallest absolute Gasteiger partial charge is 0.0107 e. The summed E-state index contributed by atoms with van der Waals surface area (Å²) in [5.74, 6) is 0. The zero-order chi connectivity index (χ0) is 12.0. The first-order valence-corrected chi connectivity index (χ1v) is 6.79. The number of likely N-dealkylation sites (tertiary alicyclic amines) is 1. The lowest BCUT2D eigenvalue weighted by atomic mass is 10.1. The zero-order valence-corrected chi connectivity index (χ0v) is 11.5. The third-order valence-electron chi connectivity index (χ3n) is 3.81. The maximum atomic E-state index is 3.68. The molecule has 1 N–H and O–H groups in total. The van der Waals surface area contributed by atoms with Crippen LogP contribution in [0.5, 0.6) is 0 Å². The SMILES string of the molecule is CCN1CCC(NCCN(C)C(C)C)CC1. The predicted molar refractivity (Wildman–Crippen MR) is 70.9 cm³/mol. The van der Waals surface area contributed by atoms with E-state index in [4.69, 9.17) is 0 Å². The van der Waals surface area contributed by atoms with E-state index in [0.29, 0.717) is 6.04 Å². The molecule has 0 radical (unpaired) electrons. The average molecular weight is 227 g/mol. The molecule has 1 saturated heterocycles. The van der Waals surface area contributed by atoms with Crippen molar-refractivity contribution in [2.75, 3.05) is 39.8 Å². The fraction of sp³-hybridized carbons (Fsp3) is 1.00. The molecule has 1 aliphatic heterocycles. The number of likely N-dealkylation sites (N-methyl/N-ethyl adjacent to an activating group) is 1. The Labute approximate surface area is 101 Å². The Bertz CT molecular complexity index is 174. The summed E-state index contributed by atoms with van der Waals surface area (Å²) in [5.41, 5.74) is 0. The molecular formula is C13H29N3. The second kappa shape index (κ2) is 7.25. The molecule has 0 aliphatic carbocycles.